The monoisotopic (exact) mass is 421 g/mol. The van der Waals surface area contributed by atoms with Gasteiger partial charge < -0.3 is 10.5 Å². The Kier molecular flexibility index (Phi) is 6.15. The van der Waals surface area contributed by atoms with Crippen molar-refractivity contribution >= 4 is 43.4 Å². The highest BCUT2D eigenvalue weighted by atomic mass is 79.9. The molecule has 6 nitrogen and oxygen atoms in total. The highest BCUT2D eigenvalue weighted by molar-refractivity contribution is 9.11. The summed E-state index contributed by atoms with van der Waals surface area (Å²) in [5, 5.41) is 18.2. The van der Waals surface area contributed by atoms with E-state index < -0.39 is 4.92 Å². The Morgan fingerprint density at radius 2 is 1.95 bits per heavy atom. The minimum Gasteiger partial charge on any atom is -0.491 e. The molecule has 0 bridgehead atoms. The van der Waals surface area contributed by atoms with Gasteiger partial charge in [0.2, 0.25) is 0 Å². The normalized spacial score (nSPS) is 11.2. The minimum absolute atomic E-state index is 0.0150. The van der Waals surface area contributed by atoms with Crippen molar-refractivity contribution in [3.8, 4) is 5.75 Å². The average molecular weight is 423 g/mol. The molecule has 1 aromatic rings. The number of rotatable bonds is 7. The van der Waals surface area contributed by atoms with E-state index in [0.717, 1.165) is 12.8 Å². The van der Waals surface area contributed by atoms with E-state index in [2.05, 4.69) is 31.9 Å². The van der Waals surface area contributed by atoms with E-state index in [1.807, 2.05) is 13.8 Å². The fourth-order valence-electron chi connectivity index (χ4n) is 1.61. The van der Waals surface area contributed by atoms with E-state index >= 15 is 0 Å². The van der Waals surface area contributed by atoms with E-state index in [4.69, 9.17) is 15.9 Å². The lowest BCUT2D eigenvalue weighted by atomic mass is 9.87. The van der Waals surface area contributed by atoms with Crippen LogP contribution in [0.2, 0.25) is 0 Å². The van der Waals surface area contributed by atoms with Gasteiger partial charge in [-0.1, -0.05) is 13.8 Å². The van der Waals surface area contributed by atoms with Crippen LogP contribution in [-0.2, 0) is 0 Å². The van der Waals surface area contributed by atoms with E-state index in [9.17, 15) is 10.1 Å². The van der Waals surface area contributed by atoms with Gasteiger partial charge in [-0.05, 0) is 44.7 Å². The predicted octanol–water partition coefficient (Wildman–Crippen LogP) is 4.24. The minimum atomic E-state index is -0.464. The Morgan fingerprint density at radius 3 is 2.38 bits per heavy atom. The zero-order valence-electron chi connectivity index (χ0n) is 11.8. The van der Waals surface area contributed by atoms with Crippen molar-refractivity contribution in [1.29, 1.82) is 5.41 Å². The van der Waals surface area contributed by atoms with Crippen LogP contribution in [0.15, 0.2) is 21.1 Å². The Balaban J connectivity index is 2.65. The maximum Gasteiger partial charge on any atom is 0.271 e. The average Bonchev–Trinajstić information content (AvgIpc) is 2.36. The summed E-state index contributed by atoms with van der Waals surface area (Å²) in [5.74, 6) is 0.682. The highest BCUT2D eigenvalue weighted by Crippen LogP contribution is 2.37. The summed E-state index contributed by atoms with van der Waals surface area (Å²) in [4.78, 5) is 10.3. The van der Waals surface area contributed by atoms with Gasteiger partial charge in [-0.15, -0.1) is 0 Å². The molecule has 0 heterocycles. The second-order valence-corrected chi connectivity index (χ2v) is 6.95. The standard InChI is InChI=1S/C13H17Br2N3O3/c1-13(2,12(16)17)4-3-5-21-11-9(14)6-8(18(19)20)7-10(11)15/h6-7H,3-5H2,1-2H3,(H3,16,17). The van der Waals surface area contributed by atoms with Gasteiger partial charge in [0.05, 0.1) is 26.3 Å². The van der Waals surface area contributed by atoms with Crippen molar-refractivity contribution < 1.29 is 9.66 Å². The molecule has 0 saturated carbocycles. The van der Waals surface area contributed by atoms with Crippen LogP contribution in [0, 0.1) is 20.9 Å². The molecule has 3 N–H and O–H groups in total. The van der Waals surface area contributed by atoms with Crippen LogP contribution in [0.4, 0.5) is 5.69 Å². The van der Waals surface area contributed by atoms with Crippen LogP contribution in [0.25, 0.3) is 0 Å². The van der Waals surface area contributed by atoms with Crippen molar-refractivity contribution in [3.63, 3.8) is 0 Å². The summed E-state index contributed by atoms with van der Waals surface area (Å²) >= 11 is 6.54. The lowest BCUT2D eigenvalue weighted by molar-refractivity contribution is -0.385. The summed E-state index contributed by atoms with van der Waals surface area (Å²) in [6.07, 6.45) is 1.45. The molecule has 0 radical (unpaired) electrons. The summed E-state index contributed by atoms with van der Waals surface area (Å²) in [6, 6.07) is 2.80. The molecule has 0 saturated heterocycles. The van der Waals surface area contributed by atoms with Crippen molar-refractivity contribution in [2.45, 2.75) is 26.7 Å². The van der Waals surface area contributed by atoms with Crippen molar-refractivity contribution in [3.05, 3.63) is 31.2 Å². The first kappa shape index (κ1) is 17.9. The lowest BCUT2D eigenvalue weighted by Gasteiger charge is -2.22. The maximum atomic E-state index is 10.7. The zero-order valence-corrected chi connectivity index (χ0v) is 15.0. The first-order chi connectivity index (χ1) is 9.65. The molecule has 1 rings (SSSR count). The molecule has 0 unspecified atom stereocenters. The van der Waals surface area contributed by atoms with E-state index in [1.54, 1.807) is 0 Å². The number of benzene rings is 1. The van der Waals surface area contributed by atoms with E-state index in [-0.39, 0.29) is 16.9 Å². The zero-order chi connectivity index (χ0) is 16.2. The predicted molar refractivity (Wildman–Crippen MR) is 88.9 cm³/mol. The van der Waals surface area contributed by atoms with E-state index in [0.29, 0.717) is 21.3 Å². The van der Waals surface area contributed by atoms with Crippen LogP contribution in [0.3, 0.4) is 0 Å². The van der Waals surface area contributed by atoms with Gasteiger partial charge in [-0.25, -0.2) is 0 Å². The molecule has 0 aliphatic carbocycles. The van der Waals surface area contributed by atoms with Crippen molar-refractivity contribution in [1.82, 2.24) is 0 Å². The van der Waals surface area contributed by atoms with E-state index in [1.165, 1.54) is 12.1 Å². The topological polar surface area (TPSA) is 102 Å². The number of ether oxygens (including phenoxy) is 1. The van der Waals surface area contributed by atoms with Crippen LogP contribution < -0.4 is 10.5 Å². The molecule has 0 aliphatic heterocycles. The third kappa shape index (κ3) is 4.96. The number of halogens is 2. The number of nitro groups is 1. The molecule has 1 aromatic carbocycles. The summed E-state index contributed by atoms with van der Waals surface area (Å²) in [5.41, 5.74) is 5.15. The highest BCUT2D eigenvalue weighted by Gasteiger charge is 2.21. The number of nitrogens with zero attached hydrogens (tertiary/aromatic N) is 1. The van der Waals surface area contributed by atoms with Gasteiger partial charge in [-0.2, -0.15) is 0 Å². The Labute approximate surface area is 140 Å². The van der Waals surface area contributed by atoms with Gasteiger partial charge >= 0.3 is 0 Å². The van der Waals surface area contributed by atoms with Crippen LogP contribution in [0.1, 0.15) is 26.7 Å². The molecular formula is C13H17Br2N3O3. The first-order valence-corrected chi connectivity index (χ1v) is 7.84. The molecule has 0 aromatic heterocycles. The molecule has 0 spiro atoms. The second-order valence-electron chi connectivity index (χ2n) is 5.25. The number of hydrogen-bond donors (Lipinski definition) is 2. The van der Waals surface area contributed by atoms with Gasteiger partial charge in [-0.3, -0.25) is 15.5 Å². The van der Waals surface area contributed by atoms with Crippen molar-refractivity contribution in [2.75, 3.05) is 6.61 Å². The van der Waals surface area contributed by atoms with Gasteiger partial charge in [0, 0.05) is 17.5 Å². The quantitative estimate of drug-likeness (QED) is 0.225. The lowest BCUT2D eigenvalue weighted by Crippen LogP contribution is -2.31. The number of hydrogen-bond acceptors (Lipinski definition) is 4. The smallest absolute Gasteiger partial charge is 0.271 e. The van der Waals surface area contributed by atoms with Crippen LogP contribution in [-0.4, -0.2) is 17.4 Å². The molecule has 0 fully saturated rings. The van der Waals surface area contributed by atoms with Gasteiger partial charge in [0.15, 0.2) is 0 Å². The molecular weight excluding hydrogens is 406 g/mol. The Bertz CT molecular complexity index is 539. The summed E-state index contributed by atoms with van der Waals surface area (Å²) in [7, 11) is 0. The molecule has 0 amide bonds. The number of nitro benzene ring substituents is 1. The summed E-state index contributed by atoms with van der Waals surface area (Å²) < 4.78 is 6.69. The van der Waals surface area contributed by atoms with Gasteiger partial charge in [0.1, 0.15) is 5.75 Å². The number of amidine groups is 1. The molecule has 8 heteroatoms. The number of nitrogens with two attached hydrogens (primary N) is 1. The summed E-state index contributed by atoms with van der Waals surface area (Å²) in [6.45, 7) is 4.26. The van der Waals surface area contributed by atoms with Crippen molar-refractivity contribution in [2.24, 2.45) is 11.1 Å². The number of nitrogens with one attached hydrogen (secondary N) is 1. The fraction of sp³-hybridized carbons (Fsp3) is 0.462. The van der Waals surface area contributed by atoms with Gasteiger partial charge in [0.25, 0.3) is 5.69 Å². The number of non-ortho nitro benzene ring substituents is 1. The second kappa shape index (κ2) is 7.22. The Hall–Kier alpha value is -1.15. The Morgan fingerprint density at radius 1 is 1.43 bits per heavy atom. The van der Waals surface area contributed by atoms with Crippen LogP contribution in [0.5, 0.6) is 5.75 Å². The molecule has 116 valence electrons. The third-order valence-corrected chi connectivity index (χ3v) is 4.29. The largest absolute Gasteiger partial charge is 0.491 e. The SMILES string of the molecule is CC(C)(CCCOc1c(Br)cc([N+](=O)[O-])cc1Br)C(=N)N. The molecule has 0 aliphatic rings. The molecule has 0 atom stereocenters. The first-order valence-electron chi connectivity index (χ1n) is 6.26. The molecule has 21 heavy (non-hydrogen) atoms. The maximum absolute atomic E-state index is 10.7. The third-order valence-electron chi connectivity index (χ3n) is 3.12. The van der Waals surface area contributed by atoms with Crippen LogP contribution >= 0.6 is 31.9 Å². The fourth-order valence-corrected chi connectivity index (χ4v) is 3.00.